The Hall–Kier alpha value is -0.290. The van der Waals surface area contributed by atoms with Gasteiger partial charge in [0.05, 0.1) is 5.92 Å². The van der Waals surface area contributed by atoms with Gasteiger partial charge in [0.1, 0.15) is 0 Å². The average Bonchev–Trinajstić information content (AvgIpc) is 1.85. The summed E-state index contributed by atoms with van der Waals surface area (Å²) in [7, 11) is 0. The zero-order valence-electron chi connectivity index (χ0n) is 6.06. The highest BCUT2D eigenvalue weighted by atomic mass is 19.4. The van der Waals surface area contributed by atoms with E-state index in [9.17, 15) is 13.2 Å². The van der Waals surface area contributed by atoms with E-state index in [-0.39, 0.29) is 19.4 Å². The van der Waals surface area contributed by atoms with Gasteiger partial charge < -0.3 is 10.8 Å². The molecule has 0 saturated heterocycles. The van der Waals surface area contributed by atoms with Crippen LogP contribution in [0.3, 0.4) is 0 Å². The van der Waals surface area contributed by atoms with E-state index in [2.05, 4.69) is 0 Å². The molecular weight excluding hydrogens is 159 g/mol. The fourth-order valence-electron chi connectivity index (χ4n) is 0.829. The molecule has 0 heterocycles. The van der Waals surface area contributed by atoms with E-state index in [0.717, 1.165) is 0 Å². The van der Waals surface area contributed by atoms with Gasteiger partial charge >= 0.3 is 6.18 Å². The summed E-state index contributed by atoms with van der Waals surface area (Å²) in [6.07, 6.45) is -4.58. The molecule has 5 heteroatoms. The highest BCUT2D eigenvalue weighted by molar-refractivity contribution is 4.67. The van der Waals surface area contributed by atoms with Crippen molar-refractivity contribution in [3.63, 3.8) is 0 Å². The summed E-state index contributed by atoms with van der Waals surface area (Å²) in [4.78, 5) is 0. The average molecular weight is 171 g/mol. The number of aliphatic hydroxyl groups is 1. The Kier molecular flexibility index (Phi) is 4.44. The van der Waals surface area contributed by atoms with Crippen LogP contribution in [-0.4, -0.2) is 24.4 Å². The number of hydrogen-bond donors (Lipinski definition) is 2. The number of halogens is 3. The van der Waals surface area contributed by atoms with Crippen molar-refractivity contribution in [2.45, 2.75) is 19.0 Å². The summed E-state index contributed by atoms with van der Waals surface area (Å²) in [6, 6.07) is 0. The van der Waals surface area contributed by atoms with Crippen LogP contribution >= 0.6 is 0 Å². The Bertz CT molecular complexity index is 98.5. The largest absolute Gasteiger partial charge is 0.396 e. The van der Waals surface area contributed by atoms with Crippen molar-refractivity contribution < 1.29 is 18.3 Å². The molecular formula is C6H12F3NO. The molecule has 0 aromatic rings. The van der Waals surface area contributed by atoms with Crippen LogP contribution in [0.4, 0.5) is 13.2 Å². The molecule has 3 N–H and O–H groups in total. The molecule has 0 aromatic heterocycles. The van der Waals surface area contributed by atoms with Gasteiger partial charge in [0.15, 0.2) is 0 Å². The smallest absolute Gasteiger partial charge is 0.391 e. The number of hydrogen-bond acceptors (Lipinski definition) is 2. The predicted molar refractivity (Wildman–Crippen MR) is 34.9 cm³/mol. The van der Waals surface area contributed by atoms with Gasteiger partial charge in [-0.3, -0.25) is 0 Å². The monoisotopic (exact) mass is 171 g/mol. The molecule has 0 radical (unpaired) electrons. The van der Waals surface area contributed by atoms with Crippen LogP contribution < -0.4 is 5.73 Å². The lowest BCUT2D eigenvalue weighted by Gasteiger charge is -2.17. The van der Waals surface area contributed by atoms with Gasteiger partial charge in [0, 0.05) is 6.61 Å². The minimum Gasteiger partial charge on any atom is -0.396 e. The van der Waals surface area contributed by atoms with E-state index < -0.39 is 18.7 Å². The van der Waals surface area contributed by atoms with Gasteiger partial charge in [-0.05, 0) is 19.4 Å². The van der Waals surface area contributed by atoms with Crippen LogP contribution in [0.2, 0.25) is 0 Å². The van der Waals surface area contributed by atoms with Gasteiger partial charge in [0.2, 0.25) is 0 Å². The quantitative estimate of drug-likeness (QED) is 0.660. The summed E-state index contributed by atoms with van der Waals surface area (Å²) in [5.41, 5.74) is 4.97. The molecule has 0 amide bonds. The molecule has 0 unspecified atom stereocenters. The van der Waals surface area contributed by atoms with Crippen molar-refractivity contribution in [2.24, 2.45) is 11.7 Å². The first kappa shape index (κ1) is 10.7. The highest BCUT2D eigenvalue weighted by Gasteiger charge is 2.37. The van der Waals surface area contributed by atoms with Gasteiger partial charge in [-0.2, -0.15) is 13.2 Å². The Morgan fingerprint density at radius 2 is 1.82 bits per heavy atom. The molecule has 68 valence electrons. The fourth-order valence-corrected chi connectivity index (χ4v) is 0.829. The van der Waals surface area contributed by atoms with Gasteiger partial charge in [-0.15, -0.1) is 0 Å². The van der Waals surface area contributed by atoms with E-state index in [0.29, 0.717) is 0 Å². The van der Waals surface area contributed by atoms with E-state index >= 15 is 0 Å². The second-order valence-electron chi connectivity index (χ2n) is 2.33. The summed E-state index contributed by atoms with van der Waals surface area (Å²) in [5.74, 6) is -1.45. The van der Waals surface area contributed by atoms with Crippen molar-refractivity contribution in [2.75, 3.05) is 13.2 Å². The van der Waals surface area contributed by atoms with E-state index in [4.69, 9.17) is 10.8 Å². The van der Waals surface area contributed by atoms with Crippen molar-refractivity contribution in [1.29, 1.82) is 0 Å². The number of rotatable bonds is 4. The van der Waals surface area contributed by atoms with Crippen LogP contribution in [0.1, 0.15) is 12.8 Å². The maximum absolute atomic E-state index is 11.9. The molecule has 11 heavy (non-hydrogen) atoms. The minimum atomic E-state index is -4.22. The van der Waals surface area contributed by atoms with Crippen molar-refractivity contribution >= 4 is 0 Å². The SMILES string of the molecule is NCC[C@@H](CCO)C(F)(F)F. The van der Waals surface area contributed by atoms with Crippen LogP contribution in [0, 0.1) is 5.92 Å². The molecule has 0 fully saturated rings. The Labute approximate surface area is 63.2 Å². The summed E-state index contributed by atoms with van der Waals surface area (Å²) >= 11 is 0. The summed E-state index contributed by atoms with van der Waals surface area (Å²) in [6.45, 7) is -0.436. The molecule has 0 rings (SSSR count). The molecule has 0 aromatic carbocycles. The maximum Gasteiger partial charge on any atom is 0.391 e. The van der Waals surface area contributed by atoms with Crippen LogP contribution in [0.25, 0.3) is 0 Å². The van der Waals surface area contributed by atoms with Crippen molar-refractivity contribution in [3.8, 4) is 0 Å². The lowest BCUT2D eigenvalue weighted by atomic mass is 10.0. The van der Waals surface area contributed by atoms with E-state index in [1.165, 1.54) is 0 Å². The number of alkyl halides is 3. The normalized spacial score (nSPS) is 15.0. The minimum absolute atomic E-state index is 0.00414. The Balaban J connectivity index is 3.88. The van der Waals surface area contributed by atoms with Gasteiger partial charge in [0.25, 0.3) is 0 Å². The molecule has 0 aliphatic rings. The molecule has 0 aliphatic carbocycles. The lowest BCUT2D eigenvalue weighted by molar-refractivity contribution is -0.179. The molecule has 2 nitrogen and oxygen atoms in total. The maximum atomic E-state index is 11.9. The topological polar surface area (TPSA) is 46.2 Å². The molecule has 1 atom stereocenters. The lowest BCUT2D eigenvalue weighted by Crippen LogP contribution is -2.26. The third-order valence-electron chi connectivity index (χ3n) is 1.46. The Morgan fingerprint density at radius 3 is 2.09 bits per heavy atom. The first-order valence-electron chi connectivity index (χ1n) is 3.40. The molecule has 0 bridgehead atoms. The van der Waals surface area contributed by atoms with Crippen molar-refractivity contribution in [3.05, 3.63) is 0 Å². The van der Waals surface area contributed by atoms with Gasteiger partial charge in [-0.25, -0.2) is 0 Å². The van der Waals surface area contributed by atoms with Crippen LogP contribution in [0.15, 0.2) is 0 Å². The second-order valence-corrected chi connectivity index (χ2v) is 2.33. The first-order valence-corrected chi connectivity index (χ1v) is 3.40. The number of nitrogens with two attached hydrogens (primary N) is 1. The highest BCUT2D eigenvalue weighted by Crippen LogP contribution is 2.30. The number of aliphatic hydroxyl groups excluding tert-OH is 1. The zero-order chi connectivity index (χ0) is 8.91. The third-order valence-corrected chi connectivity index (χ3v) is 1.46. The van der Waals surface area contributed by atoms with E-state index in [1.807, 2.05) is 0 Å². The second kappa shape index (κ2) is 4.56. The Morgan fingerprint density at radius 1 is 1.27 bits per heavy atom. The molecule has 0 spiro atoms. The third kappa shape index (κ3) is 4.21. The van der Waals surface area contributed by atoms with E-state index in [1.54, 1.807) is 0 Å². The zero-order valence-corrected chi connectivity index (χ0v) is 6.06. The first-order chi connectivity index (χ1) is 5.02. The molecule has 0 aliphatic heterocycles. The fraction of sp³-hybridized carbons (Fsp3) is 1.00. The molecule has 0 saturated carbocycles. The summed E-state index contributed by atoms with van der Waals surface area (Å²) < 4.78 is 35.8. The van der Waals surface area contributed by atoms with Gasteiger partial charge in [-0.1, -0.05) is 0 Å². The van der Waals surface area contributed by atoms with Crippen LogP contribution in [-0.2, 0) is 0 Å². The van der Waals surface area contributed by atoms with Crippen LogP contribution in [0.5, 0.6) is 0 Å². The standard InChI is InChI=1S/C6H12F3NO/c7-6(8,9)5(1-3-10)2-4-11/h5,11H,1-4,10H2/t5-/m0/s1. The summed E-state index contributed by atoms with van der Waals surface area (Å²) in [5, 5.41) is 8.29. The predicted octanol–water partition coefficient (Wildman–Crippen LogP) is 0.896. The van der Waals surface area contributed by atoms with Crippen molar-refractivity contribution in [1.82, 2.24) is 0 Å².